The standard InChI is InChI=1S/C22H31N5O2S.HI/c1-5-23-22(25-9-8-24-21(28)20-17(4)26-14-30-20)27-10-11-29-19(13-27)18-7-6-15(2)12-16(18)3;/h6-7,12,14,19H,5,8-11,13H2,1-4H3,(H,23,25)(H,24,28);1H. The molecule has 2 heterocycles. The van der Waals surface area contributed by atoms with E-state index >= 15 is 0 Å². The third-order valence-electron chi connectivity index (χ3n) is 5.08. The number of carbonyl (C=O) groups is 1. The van der Waals surface area contributed by atoms with Crippen LogP contribution in [-0.2, 0) is 4.74 Å². The van der Waals surface area contributed by atoms with E-state index in [1.54, 1.807) is 5.51 Å². The Morgan fingerprint density at radius 1 is 1.32 bits per heavy atom. The van der Waals surface area contributed by atoms with Gasteiger partial charge in [-0.2, -0.15) is 0 Å². The molecule has 170 valence electrons. The van der Waals surface area contributed by atoms with Crippen molar-refractivity contribution in [1.29, 1.82) is 0 Å². The molecule has 31 heavy (non-hydrogen) atoms. The van der Waals surface area contributed by atoms with Crippen LogP contribution in [0.1, 0.15) is 45.1 Å². The zero-order valence-electron chi connectivity index (χ0n) is 18.6. The van der Waals surface area contributed by atoms with E-state index in [0.29, 0.717) is 24.6 Å². The maximum absolute atomic E-state index is 12.2. The summed E-state index contributed by atoms with van der Waals surface area (Å²) in [5.41, 5.74) is 6.20. The highest BCUT2D eigenvalue weighted by Gasteiger charge is 2.25. The predicted molar refractivity (Wildman–Crippen MR) is 137 cm³/mol. The van der Waals surface area contributed by atoms with E-state index < -0.39 is 0 Å². The fraction of sp³-hybridized carbons (Fsp3) is 0.500. The lowest BCUT2D eigenvalue weighted by molar-refractivity contribution is -0.00832. The van der Waals surface area contributed by atoms with Gasteiger partial charge in [0.1, 0.15) is 11.0 Å². The molecule has 2 aromatic rings. The molecule has 1 unspecified atom stereocenters. The summed E-state index contributed by atoms with van der Waals surface area (Å²) >= 11 is 1.36. The number of rotatable bonds is 6. The summed E-state index contributed by atoms with van der Waals surface area (Å²) in [6.07, 6.45) is 0.0252. The normalized spacial score (nSPS) is 16.6. The highest BCUT2D eigenvalue weighted by molar-refractivity contribution is 14.0. The van der Waals surface area contributed by atoms with E-state index in [4.69, 9.17) is 9.73 Å². The molecular formula is C22H32IN5O2S. The van der Waals surface area contributed by atoms with Crippen molar-refractivity contribution in [2.75, 3.05) is 39.3 Å². The molecule has 1 saturated heterocycles. The lowest BCUT2D eigenvalue weighted by atomic mass is 10.00. The fourth-order valence-corrected chi connectivity index (χ4v) is 4.29. The van der Waals surface area contributed by atoms with Crippen molar-refractivity contribution in [3.8, 4) is 0 Å². The van der Waals surface area contributed by atoms with Crippen molar-refractivity contribution in [3.05, 3.63) is 51.0 Å². The molecule has 1 fully saturated rings. The molecule has 0 aliphatic carbocycles. The Kier molecular flexibility index (Phi) is 10.2. The van der Waals surface area contributed by atoms with Crippen LogP contribution in [0.25, 0.3) is 0 Å². The van der Waals surface area contributed by atoms with Crippen LogP contribution in [0.2, 0.25) is 0 Å². The minimum absolute atomic E-state index is 0. The Hall–Kier alpha value is -1.72. The zero-order valence-corrected chi connectivity index (χ0v) is 21.8. The quantitative estimate of drug-likeness (QED) is 0.246. The number of benzene rings is 1. The topological polar surface area (TPSA) is 78.8 Å². The van der Waals surface area contributed by atoms with Crippen LogP contribution in [0, 0.1) is 20.8 Å². The summed E-state index contributed by atoms with van der Waals surface area (Å²) in [4.78, 5) is 24.0. The van der Waals surface area contributed by atoms with Gasteiger partial charge in [0.05, 0.1) is 30.9 Å². The van der Waals surface area contributed by atoms with Crippen molar-refractivity contribution >= 4 is 47.2 Å². The van der Waals surface area contributed by atoms with E-state index in [2.05, 4.69) is 59.5 Å². The first-order valence-electron chi connectivity index (χ1n) is 10.4. The lowest BCUT2D eigenvalue weighted by Crippen LogP contribution is -2.48. The number of nitrogens with one attached hydrogen (secondary N) is 2. The van der Waals surface area contributed by atoms with Crippen LogP contribution in [0.15, 0.2) is 28.7 Å². The van der Waals surface area contributed by atoms with Gasteiger partial charge in [0.15, 0.2) is 5.96 Å². The van der Waals surface area contributed by atoms with Crippen molar-refractivity contribution in [1.82, 2.24) is 20.5 Å². The Labute approximate surface area is 205 Å². The van der Waals surface area contributed by atoms with E-state index in [9.17, 15) is 4.79 Å². The summed E-state index contributed by atoms with van der Waals surface area (Å²) in [6, 6.07) is 6.50. The van der Waals surface area contributed by atoms with Gasteiger partial charge in [-0.25, -0.2) is 4.98 Å². The van der Waals surface area contributed by atoms with Crippen molar-refractivity contribution in [3.63, 3.8) is 0 Å². The molecule has 3 rings (SSSR count). The molecule has 1 atom stereocenters. The van der Waals surface area contributed by atoms with Gasteiger partial charge in [0, 0.05) is 19.6 Å². The minimum Gasteiger partial charge on any atom is -0.370 e. The first-order valence-corrected chi connectivity index (χ1v) is 11.3. The van der Waals surface area contributed by atoms with Gasteiger partial charge in [0.2, 0.25) is 0 Å². The van der Waals surface area contributed by atoms with Gasteiger partial charge in [0.25, 0.3) is 5.91 Å². The number of nitrogens with zero attached hydrogens (tertiary/aromatic N) is 3. The Morgan fingerprint density at radius 2 is 2.13 bits per heavy atom. The number of guanidine groups is 1. The van der Waals surface area contributed by atoms with E-state index in [1.165, 1.54) is 28.0 Å². The van der Waals surface area contributed by atoms with Crippen molar-refractivity contribution in [2.45, 2.75) is 33.8 Å². The molecular weight excluding hydrogens is 525 g/mol. The van der Waals surface area contributed by atoms with Crippen molar-refractivity contribution < 1.29 is 9.53 Å². The minimum atomic E-state index is -0.0866. The van der Waals surface area contributed by atoms with Gasteiger partial charge in [-0.05, 0) is 38.8 Å². The Morgan fingerprint density at radius 3 is 2.81 bits per heavy atom. The fourth-order valence-electron chi connectivity index (χ4n) is 3.57. The zero-order chi connectivity index (χ0) is 21.5. The second-order valence-corrected chi connectivity index (χ2v) is 8.28. The van der Waals surface area contributed by atoms with Gasteiger partial charge >= 0.3 is 0 Å². The van der Waals surface area contributed by atoms with Gasteiger partial charge in [-0.1, -0.05) is 23.8 Å². The third kappa shape index (κ3) is 6.88. The number of halogens is 1. The smallest absolute Gasteiger partial charge is 0.263 e. The van der Waals surface area contributed by atoms with Crippen LogP contribution in [0.5, 0.6) is 0 Å². The van der Waals surface area contributed by atoms with Gasteiger partial charge in [-0.15, -0.1) is 35.3 Å². The van der Waals surface area contributed by atoms with E-state index in [1.807, 2.05) is 6.92 Å². The van der Waals surface area contributed by atoms with Crippen LogP contribution >= 0.6 is 35.3 Å². The maximum atomic E-state index is 12.2. The molecule has 1 aliphatic rings. The molecule has 9 heteroatoms. The highest BCUT2D eigenvalue weighted by Crippen LogP contribution is 2.25. The number of hydrogen-bond acceptors (Lipinski definition) is 5. The maximum Gasteiger partial charge on any atom is 0.263 e. The summed E-state index contributed by atoms with van der Waals surface area (Å²) in [7, 11) is 0. The lowest BCUT2D eigenvalue weighted by Gasteiger charge is -2.36. The summed E-state index contributed by atoms with van der Waals surface area (Å²) in [5.74, 6) is 0.773. The van der Waals surface area contributed by atoms with Crippen LogP contribution in [0.4, 0.5) is 0 Å². The number of carbonyl (C=O) groups excluding carboxylic acids is 1. The van der Waals surface area contributed by atoms with E-state index in [-0.39, 0.29) is 36.0 Å². The van der Waals surface area contributed by atoms with Crippen LogP contribution in [-0.4, -0.2) is 61.1 Å². The number of aliphatic imine (C=N–C) groups is 1. The van der Waals surface area contributed by atoms with Gasteiger partial charge < -0.3 is 20.3 Å². The first kappa shape index (κ1) is 25.5. The number of hydrogen-bond donors (Lipinski definition) is 2. The first-order chi connectivity index (χ1) is 14.5. The number of amides is 1. The Balaban J connectivity index is 0.00000341. The van der Waals surface area contributed by atoms with E-state index in [0.717, 1.165) is 31.3 Å². The van der Waals surface area contributed by atoms with Crippen LogP contribution < -0.4 is 10.6 Å². The number of aryl methyl sites for hydroxylation is 3. The summed E-state index contributed by atoms with van der Waals surface area (Å²) in [6.45, 7) is 12.1. The second-order valence-electron chi connectivity index (χ2n) is 7.42. The van der Waals surface area contributed by atoms with Crippen LogP contribution in [0.3, 0.4) is 0 Å². The number of aromatic nitrogens is 1. The molecule has 1 aliphatic heterocycles. The second kappa shape index (κ2) is 12.4. The molecule has 1 aromatic heterocycles. The molecule has 0 saturated carbocycles. The third-order valence-corrected chi connectivity index (χ3v) is 6.01. The molecule has 0 spiro atoms. The Bertz CT molecular complexity index is 902. The predicted octanol–water partition coefficient (Wildman–Crippen LogP) is 3.46. The summed E-state index contributed by atoms with van der Waals surface area (Å²) < 4.78 is 6.07. The number of morpholine rings is 1. The average molecular weight is 558 g/mol. The summed E-state index contributed by atoms with van der Waals surface area (Å²) in [5, 5.41) is 6.30. The molecule has 2 N–H and O–H groups in total. The molecule has 1 amide bonds. The van der Waals surface area contributed by atoms with Crippen molar-refractivity contribution in [2.24, 2.45) is 4.99 Å². The molecule has 1 aromatic carbocycles. The highest BCUT2D eigenvalue weighted by atomic mass is 127. The van der Waals surface area contributed by atoms with Gasteiger partial charge in [-0.3, -0.25) is 9.79 Å². The average Bonchev–Trinajstić information content (AvgIpc) is 3.16. The molecule has 0 radical (unpaired) electrons. The SMILES string of the molecule is CCNC(=NCCNC(=O)c1scnc1C)N1CCOC(c2ccc(C)cc2C)C1.I. The number of thiazole rings is 1. The number of ether oxygens (including phenoxy) is 1. The largest absolute Gasteiger partial charge is 0.370 e. The molecule has 7 nitrogen and oxygen atoms in total. The molecule has 0 bridgehead atoms. The monoisotopic (exact) mass is 557 g/mol.